The van der Waals surface area contributed by atoms with Crippen LogP contribution in [-0.2, 0) is 6.42 Å². The molecule has 0 aliphatic rings. The van der Waals surface area contributed by atoms with Crippen molar-refractivity contribution in [3.63, 3.8) is 0 Å². The van der Waals surface area contributed by atoms with Crippen LogP contribution < -0.4 is 11.3 Å². The molecule has 0 aliphatic heterocycles. The SMILES string of the molecule is CCc1nnc(N/N=C\c2ccc(-c3ccc([N+](=O)[O-])cc3)o2)n1N. The average Bonchev–Trinajstić information content (AvgIpc) is 3.22. The molecule has 25 heavy (non-hydrogen) atoms. The molecule has 0 aliphatic carbocycles. The summed E-state index contributed by atoms with van der Waals surface area (Å²) in [5.74, 6) is 7.82. The molecular weight excluding hydrogens is 326 g/mol. The molecule has 10 nitrogen and oxygen atoms in total. The molecule has 10 heteroatoms. The molecule has 0 amide bonds. The Bertz CT molecular complexity index is 912. The second kappa shape index (κ2) is 6.83. The standard InChI is InChI=1S/C15H15N7O3/c1-2-14-18-20-15(21(14)16)19-17-9-12-7-8-13(25-12)10-3-5-11(6-4-10)22(23)24/h3-9H,2,16H2,1H3,(H,19,20)/b17-9-. The van der Waals surface area contributed by atoms with Gasteiger partial charge in [-0.15, -0.1) is 10.2 Å². The van der Waals surface area contributed by atoms with Crippen molar-refractivity contribution >= 4 is 17.9 Å². The number of rotatable bonds is 6. The summed E-state index contributed by atoms with van der Waals surface area (Å²) in [7, 11) is 0. The summed E-state index contributed by atoms with van der Waals surface area (Å²) in [5, 5.41) is 22.4. The molecule has 0 spiro atoms. The largest absolute Gasteiger partial charge is 0.455 e. The highest BCUT2D eigenvalue weighted by Crippen LogP contribution is 2.24. The number of non-ortho nitro benzene ring substituents is 1. The third-order valence-corrected chi connectivity index (χ3v) is 3.43. The Labute approximate surface area is 142 Å². The van der Waals surface area contributed by atoms with E-state index in [4.69, 9.17) is 10.3 Å². The Kier molecular flexibility index (Phi) is 4.42. The number of hydrogen-bond acceptors (Lipinski definition) is 8. The molecular formula is C15H15N7O3. The van der Waals surface area contributed by atoms with Crippen LogP contribution in [0.4, 0.5) is 11.6 Å². The van der Waals surface area contributed by atoms with Gasteiger partial charge in [0.1, 0.15) is 11.5 Å². The summed E-state index contributed by atoms with van der Waals surface area (Å²) in [6, 6.07) is 9.58. The van der Waals surface area contributed by atoms with Crippen molar-refractivity contribution in [1.29, 1.82) is 0 Å². The highest BCUT2D eigenvalue weighted by molar-refractivity contribution is 5.78. The van der Waals surface area contributed by atoms with Crippen LogP contribution in [0.15, 0.2) is 45.9 Å². The summed E-state index contributed by atoms with van der Waals surface area (Å²) >= 11 is 0. The first-order valence-corrected chi connectivity index (χ1v) is 7.41. The van der Waals surface area contributed by atoms with E-state index in [9.17, 15) is 10.1 Å². The zero-order valence-electron chi connectivity index (χ0n) is 13.3. The molecule has 3 aromatic rings. The van der Waals surface area contributed by atoms with Crippen molar-refractivity contribution in [2.75, 3.05) is 11.3 Å². The molecule has 128 valence electrons. The van der Waals surface area contributed by atoms with Gasteiger partial charge in [-0.05, 0) is 24.3 Å². The summed E-state index contributed by atoms with van der Waals surface area (Å²) in [4.78, 5) is 10.2. The number of aromatic nitrogens is 3. The molecule has 0 bridgehead atoms. The number of nitro groups is 1. The first kappa shape index (κ1) is 16.2. The number of nitrogens with zero attached hydrogens (tertiary/aromatic N) is 5. The van der Waals surface area contributed by atoms with E-state index in [1.165, 1.54) is 23.0 Å². The molecule has 0 unspecified atom stereocenters. The molecule has 0 atom stereocenters. The second-order valence-corrected chi connectivity index (χ2v) is 5.04. The Morgan fingerprint density at radius 3 is 2.72 bits per heavy atom. The van der Waals surface area contributed by atoms with Crippen LogP contribution in [0.25, 0.3) is 11.3 Å². The number of aryl methyl sites for hydroxylation is 1. The zero-order chi connectivity index (χ0) is 17.8. The van der Waals surface area contributed by atoms with Gasteiger partial charge in [-0.25, -0.2) is 10.1 Å². The summed E-state index contributed by atoms with van der Waals surface area (Å²) in [6.45, 7) is 1.92. The van der Waals surface area contributed by atoms with Crippen LogP contribution in [0, 0.1) is 10.1 Å². The number of nitrogen functional groups attached to an aromatic ring is 1. The molecule has 0 saturated carbocycles. The van der Waals surface area contributed by atoms with Crippen molar-refractivity contribution in [2.45, 2.75) is 13.3 Å². The minimum atomic E-state index is -0.449. The maximum atomic E-state index is 10.7. The van der Waals surface area contributed by atoms with E-state index in [1.807, 2.05) is 6.92 Å². The topological polar surface area (TPSA) is 137 Å². The number of hydrogen-bond donors (Lipinski definition) is 2. The first-order chi connectivity index (χ1) is 12.1. The van der Waals surface area contributed by atoms with E-state index in [0.29, 0.717) is 29.7 Å². The number of furan rings is 1. The molecule has 3 N–H and O–H groups in total. The zero-order valence-corrected chi connectivity index (χ0v) is 13.3. The lowest BCUT2D eigenvalue weighted by Gasteiger charge is -2.00. The second-order valence-electron chi connectivity index (χ2n) is 5.04. The van der Waals surface area contributed by atoms with E-state index in [0.717, 1.165) is 5.56 Å². The predicted octanol–water partition coefficient (Wildman–Crippen LogP) is 2.17. The minimum absolute atomic E-state index is 0.0265. The van der Waals surface area contributed by atoms with Gasteiger partial charge in [0.2, 0.25) is 0 Å². The van der Waals surface area contributed by atoms with Crippen LogP contribution in [0.5, 0.6) is 0 Å². The van der Waals surface area contributed by atoms with Crippen LogP contribution in [0.1, 0.15) is 18.5 Å². The summed E-state index contributed by atoms with van der Waals surface area (Å²) in [5.41, 5.74) is 3.44. The monoisotopic (exact) mass is 341 g/mol. The van der Waals surface area contributed by atoms with Gasteiger partial charge in [0.05, 0.1) is 11.1 Å². The maximum Gasteiger partial charge on any atom is 0.269 e. The molecule has 3 rings (SSSR count). The van der Waals surface area contributed by atoms with Gasteiger partial charge in [0, 0.05) is 24.1 Å². The van der Waals surface area contributed by atoms with Gasteiger partial charge < -0.3 is 10.3 Å². The fourth-order valence-electron chi connectivity index (χ4n) is 2.12. The third-order valence-electron chi connectivity index (χ3n) is 3.43. The average molecular weight is 341 g/mol. The van der Waals surface area contributed by atoms with Gasteiger partial charge in [-0.3, -0.25) is 10.1 Å². The highest BCUT2D eigenvalue weighted by atomic mass is 16.6. The van der Waals surface area contributed by atoms with Crippen molar-refractivity contribution in [3.05, 3.63) is 58.1 Å². The Morgan fingerprint density at radius 1 is 1.32 bits per heavy atom. The Hall–Kier alpha value is -3.69. The number of nitrogens with one attached hydrogen (secondary N) is 1. The molecule has 1 aromatic carbocycles. The lowest BCUT2D eigenvalue weighted by molar-refractivity contribution is -0.384. The van der Waals surface area contributed by atoms with Crippen molar-refractivity contribution < 1.29 is 9.34 Å². The number of nitrogens with two attached hydrogens (primary N) is 1. The smallest absolute Gasteiger partial charge is 0.269 e. The van der Waals surface area contributed by atoms with E-state index in [2.05, 4.69) is 20.7 Å². The fourth-order valence-corrected chi connectivity index (χ4v) is 2.12. The van der Waals surface area contributed by atoms with Gasteiger partial charge in [-0.2, -0.15) is 5.10 Å². The van der Waals surface area contributed by atoms with Crippen LogP contribution in [-0.4, -0.2) is 26.0 Å². The highest BCUT2D eigenvalue weighted by Gasteiger charge is 2.08. The third kappa shape index (κ3) is 3.47. The molecule has 2 aromatic heterocycles. The lowest BCUT2D eigenvalue weighted by atomic mass is 10.1. The van der Waals surface area contributed by atoms with Gasteiger partial charge in [0.25, 0.3) is 11.6 Å². The van der Waals surface area contributed by atoms with Crippen molar-refractivity contribution in [2.24, 2.45) is 5.10 Å². The lowest BCUT2D eigenvalue weighted by Crippen LogP contribution is -2.14. The molecule has 2 heterocycles. The van der Waals surface area contributed by atoms with Gasteiger partial charge in [0.15, 0.2) is 5.82 Å². The molecule has 0 radical (unpaired) electrons. The van der Waals surface area contributed by atoms with Gasteiger partial charge in [-0.1, -0.05) is 6.92 Å². The minimum Gasteiger partial charge on any atom is -0.455 e. The Morgan fingerprint density at radius 2 is 2.08 bits per heavy atom. The van der Waals surface area contributed by atoms with E-state index in [-0.39, 0.29) is 5.69 Å². The summed E-state index contributed by atoms with van der Waals surface area (Å²) < 4.78 is 6.95. The molecule has 0 saturated heterocycles. The molecule has 0 fully saturated rings. The van der Waals surface area contributed by atoms with Crippen LogP contribution >= 0.6 is 0 Å². The fraction of sp³-hybridized carbons (Fsp3) is 0.133. The van der Waals surface area contributed by atoms with Crippen LogP contribution in [0.3, 0.4) is 0 Å². The predicted molar refractivity (Wildman–Crippen MR) is 91.6 cm³/mol. The normalized spacial score (nSPS) is 11.1. The number of nitro benzene ring substituents is 1. The van der Waals surface area contributed by atoms with Crippen molar-refractivity contribution in [1.82, 2.24) is 14.9 Å². The summed E-state index contributed by atoms with van der Waals surface area (Å²) in [6.07, 6.45) is 2.13. The van der Waals surface area contributed by atoms with E-state index < -0.39 is 4.92 Å². The van der Waals surface area contributed by atoms with Gasteiger partial charge >= 0.3 is 0 Å². The maximum absolute atomic E-state index is 10.7. The van der Waals surface area contributed by atoms with Crippen molar-refractivity contribution in [3.8, 4) is 11.3 Å². The van der Waals surface area contributed by atoms with E-state index >= 15 is 0 Å². The van der Waals surface area contributed by atoms with Crippen LogP contribution in [0.2, 0.25) is 0 Å². The number of hydrazone groups is 1. The van der Waals surface area contributed by atoms with E-state index in [1.54, 1.807) is 24.3 Å². The quantitative estimate of drug-likeness (QED) is 0.303. The first-order valence-electron chi connectivity index (χ1n) is 7.41. The Balaban J connectivity index is 1.68. The number of anilines is 1. The number of benzene rings is 1.